The van der Waals surface area contributed by atoms with Crippen molar-refractivity contribution >= 4 is 26.7 Å². The van der Waals surface area contributed by atoms with Crippen LogP contribution < -0.4 is 4.90 Å². The Morgan fingerprint density at radius 3 is 2.48 bits per heavy atom. The number of rotatable bonds is 3. The van der Waals surface area contributed by atoms with Crippen molar-refractivity contribution in [3.05, 3.63) is 42.2 Å². The molecule has 1 aliphatic heterocycles. The fraction of sp³-hybridized carbons (Fsp3) is 0.333. The van der Waals surface area contributed by atoms with Crippen LogP contribution >= 0.6 is 0 Å². The van der Waals surface area contributed by atoms with Gasteiger partial charge >= 0.3 is 0 Å². The minimum absolute atomic E-state index is 0.191. The first-order valence-electron chi connectivity index (χ1n) is 8.35. The molecule has 2 aromatic heterocycles. The zero-order chi connectivity index (χ0) is 17.6. The Bertz CT molecular complexity index is 1050. The van der Waals surface area contributed by atoms with Gasteiger partial charge in [0.05, 0.1) is 11.2 Å². The molecule has 0 amide bonds. The fourth-order valence-electron chi connectivity index (χ4n) is 3.46. The largest absolute Gasteiger partial charge is 0.341 e. The highest BCUT2D eigenvalue weighted by Crippen LogP contribution is 2.28. The van der Waals surface area contributed by atoms with Crippen molar-refractivity contribution in [1.29, 1.82) is 0 Å². The average Bonchev–Trinajstić information content (AvgIpc) is 3.22. The molecule has 0 spiro atoms. The number of benzene rings is 1. The monoisotopic (exact) mass is 356 g/mol. The minimum Gasteiger partial charge on any atom is -0.341 e. The third-order valence-electron chi connectivity index (χ3n) is 4.59. The fourth-order valence-corrected chi connectivity index (χ4v) is 4.51. The van der Waals surface area contributed by atoms with Crippen LogP contribution in [0.4, 0.5) is 5.95 Å². The smallest absolute Gasteiger partial charge is 0.227 e. The van der Waals surface area contributed by atoms with Crippen molar-refractivity contribution in [3.63, 3.8) is 0 Å². The molecule has 7 heteroatoms. The summed E-state index contributed by atoms with van der Waals surface area (Å²) < 4.78 is 26.7. The van der Waals surface area contributed by atoms with Crippen LogP contribution in [0, 0.1) is 6.92 Å². The number of aromatic nitrogens is 3. The van der Waals surface area contributed by atoms with Gasteiger partial charge in [0.1, 0.15) is 4.90 Å². The number of hydrogen-bond donors (Lipinski definition) is 0. The van der Waals surface area contributed by atoms with E-state index < -0.39 is 9.84 Å². The predicted octanol–water partition coefficient (Wildman–Crippen LogP) is 2.73. The summed E-state index contributed by atoms with van der Waals surface area (Å²) in [6.07, 6.45) is 5.30. The second-order valence-electron chi connectivity index (χ2n) is 6.47. The van der Waals surface area contributed by atoms with Crippen molar-refractivity contribution in [1.82, 2.24) is 14.5 Å². The molecule has 1 fully saturated rings. The second-order valence-corrected chi connectivity index (χ2v) is 8.43. The molecule has 1 aromatic carbocycles. The maximum absolute atomic E-state index is 12.4. The SMILES string of the molecule is Cc1nc(N2CCCC2)nc(-n2ccc3ccccc32)c1S(C)(=O)=O. The Kier molecular flexibility index (Phi) is 3.76. The lowest BCUT2D eigenvalue weighted by molar-refractivity contribution is 0.599. The van der Waals surface area contributed by atoms with Crippen LogP contribution in [0.25, 0.3) is 16.7 Å². The molecule has 0 saturated carbocycles. The number of sulfone groups is 1. The molecule has 130 valence electrons. The Hall–Kier alpha value is -2.41. The van der Waals surface area contributed by atoms with Crippen LogP contribution in [0.1, 0.15) is 18.5 Å². The molecule has 25 heavy (non-hydrogen) atoms. The lowest BCUT2D eigenvalue weighted by Gasteiger charge is -2.19. The number of para-hydroxylation sites is 1. The Morgan fingerprint density at radius 1 is 1.04 bits per heavy atom. The van der Waals surface area contributed by atoms with Gasteiger partial charge in [0.15, 0.2) is 15.7 Å². The molecule has 0 radical (unpaired) electrons. The summed E-state index contributed by atoms with van der Waals surface area (Å²) in [6, 6.07) is 9.84. The topological polar surface area (TPSA) is 68.1 Å². The third-order valence-corrected chi connectivity index (χ3v) is 5.81. The van der Waals surface area contributed by atoms with Crippen LogP contribution in [0.2, 0.25) is 0 Å². The Balaban J connectivity index is 2.01. The second kappa shape index (κ2) is 5.84. The molecule has 4 rings (SSSR count). The van der Waals surface area contributed by atoms with E-state index in [1.807, 2.05) is 41.1 Å². The van der Waals surface area contributed by atoms with E-state index in [2.05, 4.69) is 14.9 Å². The van der Waals surface area contributed by atoms with Gasteiger partial charge in [-0.05, 0) is 37.3 Å². The Labute approximate surface area is 147 Å². The molecule has 1 aliphatic rings. The van der Waals surface area contributed by atoms with Crippen LogP contribution in [0.15, 0.2) is 41.4 Å². The molecular formula is C18H20N4O2S. The summed E-state index contributed by atoms with van der Waals surface area (Å²) in [6.45, 7) is 3.56. The van der Waals surface area contributed by atoms with Gasteiger partial charge in [-0.3, -0.25) is 4.57 Å². The normalized spacial score (nSPS) is 15.2. The maximum Gasteiger partial charge on any atom is 0.227 e. The number of aryl methyl sites for hydroxylation is 1. The van der Waals surface area contributed by atoms with Crippen LogP contribution in [-0.2, 0) is 9.84 Å². The van der Waals surface area contributed by atoms with Crippen LogP contribution in [-0.4, -0.2) is 42.3 Å². The first-order valence-corrected chi connectivity index (χ1v) is 10.2. The molecule has 3 heterocycles. The first-order chi connectivity index (χ1) is 11.9. The maximum atomic E-state index is 12.4. The van der Waals surface area contributed by atoms with Crippen molar-refractivity contribution < 1.29 is 8.42 Å². The average molecular weight is 356 g/mol. The van der Waals surface area contributed by atoms with Gasteiger partial charge in [-0.1, -0.05) is 18.2 Å². The summed E-state index contributed by atoms with van der Waals surface area (Å²) in [5, 5.41) is 1.04. The van der Waals surface area contributed by atoms with E-state index in [0.29, 0.717) is 17.5 Å². The summed E-state index contributed by atoms with van der Waals surface area (Å²) in [5.41, 5.74) is 1.42. The van der Waals surface area contributed by atoms with Gasteiger partial charge in [-0.15, -0.1) is 0 Å². The van der Waals surface area contributed by atoms with E-state index >= 15 is 0 Å². The molecule has 0 N–H and O–H groups in total. The van der Waals surface area contributed by atoms with E-state index in [4.69, 9.17) is 0 Å². The zero-order valence-electron chi connectivity index (χ0n) is 14.3. The van der Waals surface area contributed by atoms with Crippen molar-refractivity contribution in [3.8, 4) is 5.82 Å². The number of nitrogens with zero attached hydrogens (tertiary/aromatic N) is 4. The highest BCUT2D eigenvalue weighted by Gasteiger charge is 2.25. The van der Waals surface area contributed by atoms with E-state index in [9.17, 15) is 8.42 Å². The predicted molar refractivity (Wildman–Crippen MR) is 98.2 cm³/mol. The summed E-state index contributed by atoms with van der Waals surface area (Å²) >= 11 is 0. The van der Waals surface area contributed by atoms with Crippen LogP contribution in [0.3, 0.4) is 0 Å². The summed E-state index contributed by atoms with van der Waals surface area (Å²) in [7, 11) is -3.46. The minimum atomic E-state index is -3.46. The van der Waals surface area contributed by atoms with Gasteiger partial charge in [0, 0.05) is 25.5 Å². The highest BCUT2D eigenvalue weighted by molar-refractivity contribution is 7.90. The van der Waals surface area contributed by atoms with Gasteiger partial charge in [-0.2, -0.15) is 4.98 Å². The lowest BCUT2D eigenvalue weighted by atomic mass is 10.2. The number of hydrogen-bond acceptors (Lipinski definition) is 5. The molecule has 0 aliphatic carbocycles. The zero-order valence-corrected chi connectivity index (χ0v) is 15.1. The molecule has 1 saturated heterocycles. The van der Waals surface area contributed by atoms with Gasteiger partial charge in [0.2, 0.25) is 5.95 Å². The molecule has 3 aromatic rings. The molecule has 6 nitrogen and oxygen atoms in total. The lowest BCUT2D eigenvalue weighted by Crippen LogP contribution is -2.23. The van der Waals surface area contributed by atoms with Crippen LogP contribution in [0.5, 0.6) is 0 Å². The first kappa shape index (κ1) is 16.1. The van der Waals surface area contributed by atoms with E-state index in [1.165, 1.54) is 6.26 Å². The number of anilines is 1. The van der Waals surface area contributed by atoms with E-state index in [1.54, 1.807) is 6.92 Å². The standard InChI is InChI=1S/C18H20N4O2S/c1-13-16(25(2,23)24)17(20-18(19-13)21-10-5-6-11-21)22-12-9-14-7-3-4-8-15(14)22/h3-4,7-9,12H,5-6,10-11H2,1-2H3. The molecule has 0 unspecified atom stereocenters. The molecular weight excluding hydrogens is 336 g/mol. The van der Waals surface area contributed by atoms with E-state index in [0.717, 1.165) is 36.8 Å². The van der Waals surface area contributed by atoms with Gasteiger partial charge < -0.3 is 4.90 Å². The summed E-state index contributed by atoms with van der Waals surface area (Å²) in [4.78, 5) is 11.5. The van der Waals surface area contributed by atoms with E-state index in [-0.39, 0.29) is 4.90 Å². The van der Waals surface area contributed by atoms with Gasteiger partial charge in [-0.25, -0.2) is 13.4 Å². The summed E-state index contributed by atoms with van der Waals surface area (Å²) in [5.74, 6) is 1.04. The number of fused-ring (bicyclic) bond motifs is 1. The molecule has 0 bridgehead atoms. The van der Waals surface area contributed by atoms with Crippen molar-refractivity contribution in [2.75, 3.05) is 24.2 Å². The quantitative estimate of drug-likeness (QED) is 0.722. The van der Waals surface area contributed by atoms with Crippen molar-refractivity contribution in [2.24, 2.45) is 0 Å². The highest BCUT2D eigenvalue weighted by atomic mass is 32.2. The molecule has 0 atom stereocenters. The Morgan fingerprint density at radius 2 is 1.76 bits per heavy atom. The van der Waals surface area contributed by atoms with Crippen molar-refractivity contribution in [2.45, 2.75) is 24.7 Å². The third kappa shape index (κ3) is 2.78. The van der Waals surface area contributed by atoms with Gasteiger partial charge in [0.25, 0.3) is 0 Å².